The number of carbonyl (C=O) groups excluding carboxylic acids is 1. The summed E-state index contributed by atoms with van der Waals surface area (Å²) >= 11 is 0. The van der Waals surface area contributed by atoms with Gasteiger partial charge in [0.15, 0.2) is 22.7 Å². The van der Waals surface area contributed by atoms with Gasteiger partial charge in [-0.25, -0.2) is 0 Å². The number of benzene rings is 2. The monoisotopic (exact) mass is 383 g/mol. The Morgan fingerprint density at radius 1 is 0.964 bits per heavy atom. The van der Waals surface area contributed by atoms with Crippen molar-refractivity contribution in [2.24, 2.45) is 0 Å². The normalized spacial score (nSPS) is 10.6. The fourth-order valence-corrected chi connectivity index (χ4v) is 2.88. The van der Waals surface area contributed by atoms with Crippen LogP contribution in [-0.2, 0) is 6.54 Å². The van der Waals surface area contributed by atoms with Crippen LogP contribution in [0.5, 0.6) is 17.2 Å². The van der Waals surface area contributed by atoms with Gasteiger partial charge in [0.2, 0.25) is 0 Å². The first kappa shape index (κ1) is 19.3. The number of rotatable bonds is 6. The predicted molar refractivity (Wildman–Crippen MR) is 104 cm³/mol. The first-order chi connectivity index (χ1) is 13.5. The lowest BCUT2D eigenvalue weighted by Crippen LogP contribution is -2.27. The lowest BCUT2D eigenvalue weighted by molar-refractivity contribution is 0.0754. The Balaban J connectivity index is 1.88. The molecule has 7 heteroatoms. The van der Waals surface area contributed by atoms with Gasteiger partial charge in [-0.05, 0) is 29.8 Å². The maximum absolute atomic E-state index is 12.8. The molecule has 0 saturated carbocycles. The van der Waals surface area contributed by atoms with E-state index in [4.69, 9.17) is 18.6 Å². The molecular weight excluding hydrogens is 362 g/mol. The molecule has 0 spiro atoms. The van der Waals surface area contributed by atoms with Gasteiger partial charge in [0.25, 0.3) is 5.91 Å². The standard InChI is InChI=1S/C21H21NO6/c1-22(12-13-5-8-17(26-3)19(9-13)27-4)21(24)20-11-16(23)15-7-6-14(25-2)10-18(15)28-20/h5-11H,12H2,1-4H3. The van der Waals surface area contributed by atoms with Gasteiger partial charge in [0.05, 0.1) is 26.7 Å². The second-order valence-electron chi connectivity index (χ2n) is 6.19. The van der Waals surface area contributed by atoms with Crippen LogP contribution in [0, 0.1) is 0 Å². The van der Waals surface area contributed by atoms with Crippen molar-refractivity contribution in [3.05, 3.63) is 64.0 Å². The van der Waals surface area contributed by atoms with E-state index < -0.39 is 5.91 Å². The van der Waals surface area contributed by atoms with E-state index >= 15 is 0 Å². The van der Waals surface area contributed by atoms with Crippen LogP contribution in [0.4, 0.5) is 0 Å². The number of hydrogen-bond acceptors (Lipinski definition) is 6. The minimum absolute atomic E-state index is 0.0336. The largest absolute Gasteiger partial charge is 0.497 e. The van der Waals surface area contributed by atoms with Crippen molar-refractivity contribution in [3.8, 4) is 17.2 Å². The second-order valence-corrected chi connectivity index (χ2v) is 6.19. The molecule has 0 radical (unpaired) electrons. The van der Waals surface area contributed by atoms with Gasteiger partial charge in [0, 0.05) is 25.7 Å². The maximum atomic E-state index is 12.8. The molecule has 0 fully saturated rings. The van der Waals surface area contributed by atoms with Gasteiger partial charge in [-0.3, -0.25) is 9.59 Å². The smallest absolute Gasteiger partial charge is 0.289 e. The molecule has 2 aromatic carbocycles. The van der Waals surface area contributed by atoms with E-state index in [0.29, 0.717) is 34.8 Å². The quantitative estimate of drug-likeness (QED) is 0.651. The molecule has 0 atom stereocenters. The zero-order chi connectivity index (χ0) is 20.3. The van der Waals surface area contributed by atoms with Crippen LogP contribution < -0.4 is 19.6 Å². The Bertz CT molecular complexity index is 1070. The number of hydrogen-bond donors (Lipinski definition) is 0. The van der Waals surface area contributed by atoms with Gasteiger partial charge in [-0.1, -0.05) is 6.07 Å². The number of carbonyl (C=O) groups is 1. The molecule has 1 amide bonds. The fourth-order valence-electron chi connectivity index (χ4n) is 2.88. The Morgan fingerprint density at radius 2 is 1.71 bits per heavy atom. The Labute approximate surface area is 162 Å². The molecule has 28 heavy (non-hydrogen) atoms. The third-order valence-corrected chi connectivity index (χ3v) is 4.36. The lowest BCUT2D eigenvalue weighted by Gasteiger charge is -2.18. The molecule has 0 bridgehead atoms. The average Bonchev–Trinajstić information content (AvgIpc) is 2.72. The van der Waals surface area contributed by atoms with E-state index in [-0.39, 0.29) is 11.2 Å². The summed E-state index contributed by atoms with van der Waals surface area (Å²) in [5, 5.41) is 0.389. The molecule has 7 nitrogen and oxygen atoms in total. The molecule has 0 aliphatic carbocycles. The summed E-state index contributed by atoms with van der Waals surface area (Å²) < 4.78 is 21.3. The van der Waals surface area contributed by atoms with Crippen molar-refractivity contribution in [2.75, 3.05) is 28.4 Å². The van der Waals surface area contributed by atoms with E-state index in [2.05, 4.69) is 0 Å². The van der Waals surface area contributed by atoms with E-state index in [0.717, 1.165) is 5.56 Å². The highest BCUT2D eigenvalue weighted by Crippen LogP contribution is 2.28. The second kappa shape index (κ2) is 8.04. The summed E-state index contributed by atoms with van der Waals surface area (Å²) in [6, 6.07) is 11.5. The van der Waals surface area contributed by atoms with E-state index in [1.165, 1.54) is 18.1 Å². The molecule has 0 unspecified atom stereocenters. The zero-order valence-corrected chi connectivity index (χ0v) is 16.1. The Kier molecular flexibility index (Phi) is 5.54. The molecular formula is C21H21NO6. The lowest BCUT2D eigenvalue weighted by atomic mass is 10.1. The van der Waals surface area contributed by atoms with Crippen LogP contribution in [0.3, 0.4) is 0 Å². The van der Waals surface area contributed by atoms with Crippen molar-refractivity contribution >= 4 is 16.9 Å². The number of amides is 1. The number of nitrogens with zero attached hydrogens (tertiary/aromatic N) is 1. The first-order valence-corrected chi connectivity index (χ1v) is 8.55. The Hall–Kier alpha value is -3.48. The molecule has 3 rings (SSSR count). The summed E-state index contributed by atoms with van der Waals surface area (Å²) in [4.78, 5) is 26.6. The first-order valence-electron chi connectivity index (χ1n) is 8.55. The molecule has 146 valence electrons. The number of methoxy groups -OCH3 is 3. The molecule has 1 aromatic heterocycles. The highest BCUT2D eigenvalue weighted by Gasteiger charge is 2.18. The predicted octanol–water partition coefficient (Wildman–Crippen LogP) is 3.09. The topological polar surface area (TPSA) is 78.2 Å². The molecule has 0 saturated heterocycles. The van der Waals surface area contributed by atoms with Crippen molar-refractivity contribution in [3.63, 3.8) is 0 Å². The summed E-state index contributed by atoms with van der Waals surface area (Å²) in [5.74, 6) is 1.28. The van der Waals surface area contributed by atoms with Crippen LogP contribution in [0.2, 0.25) is 0 Å². The highest BCUT2D eigenvalue weighted by atomic mass is 16.5. The number of ether oxygens (including phenoxy) is 3. The van der Waals surface area contributed by atoms with Gasteiger partial charge in [0.1, 0.15) is 11.3 Å². The summed E-state index contributed by atoms with van der Waals surface area (Å²) in [5.41, 5.74) is 0.861. The number of fused-ring (bicyclic) bond motifs is 1. The van der Waals surface area contributed by atoms with Crippen LogP contribution in [0.15, 0.2) is 51.7 Å². The summed E-state index contributed by atoms with van der Waals surface area (Å²) in [6.07, 6.45) is 0. The minimum Gasteiger partial charge on any atom is -0.497 e. The average molecular weight is 383 g/mol. The van der Waals surface area contributed by atoms with Crippen molar-refractivity contribution in [2.45, 2.75) is 6.54 Å². The third kappa shape index (κ3) is 3.78. The van der Waals surface area contributed by atoms with Crippen LogP contribution in [-0.4, -0.2) is 39.2 Å². The molecule has 0 N–H and O–H groups in total. The van der Waals surface area contributed by atoms with Crippen molar-refractivity contribution < 1.29 is 23.4 Å². The van der Waals surface area contributed by atoms with Gasteiger partial charge in [-0.15, -0.1) is 0 Å². The third-order valence-electron chi connectivity index (χ3n) is 4.36. The molecule has 3 aromatic rings. The van der Waals surface area contributed by atoms with Crippen molar-refractivity contribution in [1.29, 1.82) is 0 Å². The van der Waals surface area contributed by atoms with Crippen LogP contribution in [0.25, 0.3) is 11.0 Å². The molecule has 0 aliphatic heterocycles. The van der Waals surface area contributed by atoms with Crippen LogP contribution >= 0.6 is 0 Å². The molecule has 1 heterocycles. The molecule has 0 aliphatic rings. The van der Waals surface area contributed by atoms with Gasteiger partial charge < -0.3 is 23.5 Å². The van der Waals surface area contributed by atoms with E-state index in [1.807, 2.05) is 6.07 Å². The van der Waals surface area contributed by atoms with Gasteiger partial charge >= 0.3 is 0 Å². The highest BCUT2D eigenvalue weighted by molar-refractivity contribution is 5.93. The SMILES string of the molecule is COc1ccc2c(=O)cc(C(=O)N(C)Cc3ccc(OC)c(OC)c3)oc2c1. The Morgan fingerprint density at radius 3 is 2.39 bits per heavy atom. The minimum atomic E-state index is -0.406. The summed E-state index contributed by atoms with van der Waals surface area (Å²) in [6.45, 7) is 0.305. The van der Waals surface area contributed by atoms with E-state index in [1.54, 1.807) is 51.6 Å². The fraction of sp³-hybridized carbons (Fsp3) is 0.238. The van der Waals surface area contributed by atoms with Crippen molar-refractivity contribution in [1.82, 2.24) is 4.90 Å². The van der Waals surface area contributed by atoms with E-state index in [9.17, 15) is 9.59 Å². The van der Waals surface area contributed by atoms with Crippen LogP contribution in [0.1, 0.15) is 16.1 Å². The zero-order valence-electron chi connectivity index (χ0n) is 16.1. The summed E-state index contributed by atoms with van der Waals surface area (Å²) in [7, 11) is 6.26. The van der Waals surface area contributed by atoms with Gasteiger partial charge in [-0.2, -0.15) is 0 Å². The maximum Gasteiger partial charge on any atom is 0.289 e.